The van der Waals surface area contributed by atoms with Gasteiger partial charge in [0.15, 0.2) is 11.4 Å². The van der Waals surface area contributed by atoms with Gasteiger partial charge in [0.25, 0.3) is 0 Å². The van der Waals surface area contributed by atoms with Crippen molar-refractivity contribution in [1.82, 2.24) is 9.78 Å². The van der Waals surface area contributed by atoms with Crippen LogP contribution in [0.1, 0.15) is 47.1 Å². The smallest absolute Gasteiger partial charge is 0.214 e. The number of benzene rings is 1. The van der Waals surface area contributed by atoms with Gasteiger partial charge in [-0.05, 0) is 39.8 Å². The molecule has 1 heterocycles. The molecule has 2 aromatic rings. The zero-order valence-electron chi connectivity index (χ0n) is 12.6. The number of rotatable bonds is 4. The molecule has 0 aliphatic carbocycles. The molecule has 106 valence electrons. The van der Waals surface area contributed by atoms with Gasteiger partial charge in [-0.25, -0.2) is 0 Å². The lowest BCUT2D eigenvalue weighted by Crippen LogP contribution is -2.14. The Hall–Kier alpha value is -2.10. The van der Waals surface area contributed by atoms with E-state index in [0.717, 1.165) is 11.1 Å². The van der Waals surface area contributed by atoms with Crippen molar-refractivity contribution in [3.8, 4) is 5.75 Å². The van der Waals surface area contributed by atoms with E-state index in [1.54, 1.807) is 18.0 Å². The molecule has 20 heavy (non-hydrogen) atoms. The molecule has 0 saturated heterocycles. The van der Waals surface area contributed by atoms with Gasteiger partial charge in [0.05, 0.1) is 13.3 Å². The molecule has 1 aromatic heterocycles. The predicted molar refractivity (Wildman–Crippen MR) is 78.5 cm³/mol. The van der Waals surface area contributed by atoms with Gasteiger partial charge < -0.3 is 4.74 Å². The lowest BCUT2D eigenvalue weighted by atomic mass is 10.0. The Balaban J connectivity index is 2.55. The van der Waals surface area contributed by atoms with Crippen molar-refractivity contribution in [3.05, 3.63) is 46.8 Å². The Labute approximate surface area is 119 Å². The Morgan fingerprint density at radius 2 is 1.80 bits per heavy atom. The Morgan fingerprint density at radius 3 is 2.30 bits per heavy atom. The maximum absolute atomic E-state index is 12.8. The fourth-order valence-electron chi connectivity index (χ4n) is 2.35. The zero-order valence-corrected chi connectivity index (χ0v) is 12.6. The number of aryl methyl sites for hydroxylation is 2. The molecule has 0 amide bonds. The Morgan fingerprint density at radius 1 is 1.20 bits per heavy atom. The van der Waals surface area contributed by atoms with E-state index < -0.39 is 0 Å². The summed E-state index contributed by atoms with van der Waals surface area (Å²) in [5, 5.41) is 4.25. The summed E-state index contributed by atoms with van der Waals surface area (Å²) in [6.45, 7) is 7.96. The standard InChI is InChI=1S/C16H20N2O2/c1-10(2)18-15(14(20-5)9-17-18)16(19)13-7-11(3)6-12(4)8-13/h6-10H,1-5H3. The van der Waals surface area contributed by atoms with E-state index in [4.69, 9.17) is 4.74 Å². The number of methoxy groups -OCH3 is 1. The first kappa shape index (κ1) is 14.3. The quantitative estimate of drug-likeness (QED) is 0.802. The molecule has 0 aliphatic rings. The van der Waals surface area contributed by atoms with E-state index in [2.05, 4.69) is 5.10 Å². The monoisotopic (exact) mass is 272 g/mol. The third-order valence-corrected chi connectivity index (χ3v) is 3.17. The van der Waals surface area contributed by atoms with E-state index in [1.807, 2.05) is 45.9 Å². The Kier molecular flexibility index (Phi) is 3.93. The van der Waals surface area contributed by atoms with Crippen LogP contribution in [0.2, 0.25) is 0 Å². The fourth-order valence-corrected chi connectivity index (χ4v) is 2.35. The lowest BCUT2D eigenvalue weighted by molar-refractivity contribution is 0.102. The van der Waals surface area contributed by atoms with E-state index in [-0.39, 0.29) is 11.8 Å². The van der Waals surface area contributed by atoms with E-state index in [9.17, 15) is 4.79 Å². The SMILES string of the molecule is COc1cnn(C(C)C)c1C(=O)c1cc(C)cc(C)c1. The second-order valence-corrected chi connectivity index (χ2v) is 5.31. The van der Waals surface area contributed by atoms with Crippen molar-refractivity contribution in [2.45, 2.75) is 33.7 Å². The van der Waals surface area contributed by atoms with Crippen molar-refractivity contribution < 1.29 is 9.53 Å². The van der Waals surface area contributed by atoms with Crippen LogP contribution in [0.4, 0.5) is 0 Å². The maximum atomic E-state index is 12.8. The first-order valence-corrected chi connectivity index (χ1v) is 6.68. The summed E-state index contributed by atoms with van der Waals surface area (Å²) < 4.78 is 6.98. The van der Waals surface area contributed by atoms with Gasteiger partial charge in [0.1, 0.15) is 0 Å². The fraction of sp³-hybridized carbons (Fsp3) is 0.375. The van der Waals surface area contributed by atoms with Crippen LogP contribution in [0.3, 0.4) is 0 Å². The summed E-state index contributed by atoms with van der Waals surface area (Å²) >= 11 is 0. The van der Waals surface area contributed by atoms with E-state index >= 15 is 0 Å². The third kappa shape index (κ3) is 2.59. The molecular weight excluding hydrogens is 252 g/mol. The number of nitrogens with zero attached hydrogens (tertiary/aromatic N) is 2. The van der Waals surface area contributed by atoms with Gasteiger partial charge in [-0.1, -0.05) is 17.2 Å². The minimum Gasteiger partial charge on any atom is -0.493 e. The van der Waals surface area contributed by atoms with Crippen LogP contribution in [0.5, 0.6) is 5.75 Å². The highest BCUT2D eigenvalue weighted by molar-refractivity contribution is 6.09. The van der Waals surface area contributed by atoms with Crippen molar-refractivity contribution in [1.29, 1.82) is 0 Å². The van der Waals surface area contributed by atoms with Crippen LogP contribution < -0.4 is 4.74 Å². The van der Waals surface area contributed by atoms with Crippen molar-refractivity contribution in [2.24, 2.45) is 0 Å². The highest BCUT2D eigenvalue weighted by Gasteiger charge is 2.22. The van der Waals surface area contributed by atoms with Crippen LogP contribution in [0.15, 0.2) is 24.4 Å². The minimum atomic E-state index is -0.0557. The van der Waals surface area contributed by atoms with Gasteiger partial charge in [0, 0.05) is 11.6 Å². The molecule has 0 saturated carbocycles. The number of hydrogen-bond donors (Lipinski definition) is 0. The topological polar surface area (TPSA) is 44.1 Å². The van der Waals surface area contributed by atoms with Crippen molar-refractivity contribution >= 4 is 5.78 Å². The molecule has 4 heteroatoms. The first-order chi connectivity index (χ1) is 9.43. The molecule has 0 bridgehead atoms. The molecule has 0 atom stereocenters. The van der Waals surface area contributed by atoms with Gasteiger partial charge in [0.2, 0.25) is 5.78 Å². The molecule has 0 fully saturated rings. The summed E-state index contributed by atoms with van der Waals surface area (Å²) in [4.78, 5) is 12.8. The number of ether oxygens (including phenoxy) is 1. The second-order valence-electron chi connectivity index (χ2n) is 5.31. The normalized spacial score (nSPS) is 10.9. The average molecular weight is 272 g/mol. The maximum Gasteiger partial charge on any atom is 0.214 e. The molecule has 0 unspecified atom stereocenters. The highest BCUT2D eigenvalue weighted by atomic mass is 16.5. The average Bonchev–Trinajstić information content (AvgIpc) is 2.80. The van der Waals surface area contributed by atoms with Crippen LogP contribution in [0.25, 0.3) is 0 Å². The van der Waals surface area contributed by atoms with Gasteiger partial charge in [-0.3, -0.25) is 9.48 Å². The molecule has 0 N–H and O–H groups in total. The Bertz CT molecular complexity index is 622. The van der Waals surface area contributed by atoms with Crippen LogP contribution in [0, 0.1) is 13.8 Å². The number of aromatic nitrogens is 2. The van der Waals surface area contributed by atoms with Crippen molar-refractivity contribution in [3.63, 3.8) is 0 Å². The van der Waals surface area contributed by atoms with Crippen molar-refractivity contribution in [2.75, 3.05) is 7.11 Å². The number of hydrogen-bond acceptors (Lipinski definition) is 3. The zero-order chi connectivity index (χ0) is 14.9. The lowest BCUT2D eigenvalue weighted by Gasteiger charge is -2.12. The van der Waals surface area contributed by atoms with E-state index in [0.29, 0.717) is 17.0 Å². The molecule has 2 rings (SSSR count). The van der Waals surface area contributed by atoms with Gasteiger partial charge >= 0.3 is 0 Å². The van der Waals surface area contributed by atoms with Gasteiger partial charge in [-0.15, -0.1) is 0 Å². The molecule has 0 aliphatic heterocycles. The third-order valence-electron chi connectivity index (χ3n) is 3.17. The summed E-state index contributed by atoms with van der Waals surface area (Å²) in [6.07, 6.45) is 1.59. The molecular formula is C16H20N2O2. The first-order valence-electron chi connectivity index (χ1n) is 6.68. The molecule has 0 spiro atoms. The summed E-state index contributed by atoms with van der Waals surface area (Å²) in [6, 6.07) is 5.94. The summed E-state index contributed by atoms with van der Waals surface area (Å²) in [7, 11) is 1.56. The molecule has 1 aromatic carbocycles. The second kappa shape index (κ2) is 5.49. The number of carbonyl (C=O) groups is 1. The summed E-state index contributed by atoms with van der Waals surface area (Å²) in [5.41, 5.74) is 3.32. The highest BCUT2D eigenvalue weighted by Crippen LogP contribution is 2.24. The van der Waals surface area contributed by atoms with Crippen LogP contribution in [-0.4, -0.2) is 22.7 Å². The number of carbonyl (C=O) groups excluding carboxylic acids is 1. The van der Waals surface area contributed by atoms with Crippen LogP contribution >= 0.6 is 0 Å². The molecule has 0 radical (unpaired) electrons. The predicted octanol–water partition coefficient (Wildman–Crippen LogP) is 3.32. The van der Waals surface area contributed by atoms with Gasteiger partial charge in [-0.2, -0.15) is 5.10 Å². The largest absolute Gasteiger partial charge is 0.493 e. The van der Waals surface area contributed by atoms with Crippen LogP contribution in [-0.2, 0) is 0 Å². The molecule has 4 nitrogen and oxygen atoms in total. The minimum absolute atomic E-state index is 0.0557. The summed E-state index contributed by atoms with van der Waals surface area (Å²) in [5.74, 6) is 0.461. The van der Waals surface area contributed by atoms with E-state index in [1.165, 1.54) is 0 Å². The number of ketones is 1.